The van der Waals surface area contributed by atoms with Crippen molar-refractivity contribution >= 4 is 45.0 Å². The molecule has 30 heavy (non-hydrogen) atoms. The average Bonchev–Trinajstić information content (AvgIpc) is 3.52. The molecule has 0 fully saturated rings. The summed E-state index contributed by atoms with van der Waals surface area (Å²) in [6, 6.07) is 11.9. The molecule has 0 spiro atoms. The lowest BCUT2D eigenvalue weighted by Gasteiger charge is -2.07. The van der Waals surface area contributed by atoms with E-state index in [4.69, 9.17) is 0 Å². The zero-order chi connectivity index (χ0) is 20.3. The maximum atomic E-state index is 12.6. The summed E-state index contributed by atoms with van der Waals surface area (Å²) in [5.41, 5.74) is 2.32. The first-order valence-corrected chi connectivity index (χ1v) is 10.4. The van der Waals surface area contributed by atoms with Gasteiger partial charge in [-0.3, -0.25) is 4.79 Å². The maximum absolute atomic E-state index is 12.6. The van der Waals surface area contributed by atoms with E-state index in [1.165, 1.54) is 11.2 Å². The van der Waals surface area contributed by atoms with Crippen LogP contribution in [0.25, 0.3) is 21.9 Å². The van der Waals surface area contributed by atoms with Crippen molar-refractivity contribution in [1.29, 1.82) is 0 Å². The van der Waals surface area contributed by atoms with E-state index in [0.717, 1.165) is 27.8 Å². The molecule has 3 N–H and O–H groups in total. The lowest BCUT2D eigenvalue weighted by Crippen LogP contribution is -2.27. The average molecular weight is 417 g/mol. The summed E-state index contributed by atoms with van der Waals surface area (Å²) in [6.45, 7) is 1.66. The highest BCUT2D eigenvalue weighted by Gasteiger charge is 2.13. The normalized spacial score (nSPS) is 11.2. The Kier molecular flexibility index (Phi) is 4.86. The van der Waals surface area contributed by atoms with Crippen LogP contribution < -0.4 is 10.6 Å². The molecule has 5 rings (SSSR count). The fourth-order valence-electron chi connectivity index (χ4n) is 3.41. The van der Waals surface area contributed by atoms with Crippen LogP contribution in [0.2, 0.25) is 0 Å². The molecule has 0 radical (unpaired) electrons. The van der Waals surface area contributed by atoms with Crippen LogP contribution in [0.5, 0.6) is 0 Å². The van der Waals surface area contributed by atoms with Gasteiger partial charge < -0.3 is 15.6 Å². The Bertz CT molecular complexity index is 1310. The van der Waals surface area contributed by atoms with Gasteiger partial charge in [-0.1, -0.05) is 24.3 Å². The van der Waals surface area contributed by atoms with Crippen LogP contribution in [-0.2, 0) is 13.1 Å². The Morgan fingerprint density at radius 1 is 1.13 bits per heavy atom. The number of nitrogens with zero attached hydrogens (tertiary/aromatic N) is 4. The molecule has 8 nitrogen and oxygen atoms in total. The lowest BCUT2D eigenvalue weighted by atomic mass is 10.1. The van der Waals surface area contributed by atoms with Crippen LogP contribution in [0.1, 0.15) is 15.2 Å². The third-order valence-corrected chi connectivity index (χ3v) is 5.76. The van der Waals surface area contributed by atoms with Gasteiger partial charge >= 0.3 is 0 Å². The van der Waals surface area contributed by atoms with Gasteiger partial charge in [0, 0.05) is 28.5 Å². The summed E-state index contributed by atoms with van der Waals surface area (Å²) in [7, 11) is 0. The third kappa shape index (κ3) is 3.50. The molecule has 4 heterocycles. The minimum Gasteiger partial charge on any atom is -0.364 e. The molecule has 1 aromatic carbocycles. The first-order valence-electron chi connectivity index (χ1n) is 9.56. The monoisotopic (exact) mass is 417 g/mol. The molecule has 0 unspecified atom stereocenters. The van der Waals surface area contributed by atoms with Gasteiger partial charge in [0.1, 0.15) is 12.1 Å². The maximum Gasteiger partial charge on any atom is 0.253 e. The van der Waals surface area contributed by atoms with Gasteiger partial charge in [-0.15, -0.1) is 11.3 Å². The molecule has 0 bridgehead atoms. The van der Waals surface area contributed by atoms with Gasteiger partial charge in [-0.25, -0.2) is 14.6 Å². The molecular weight excluding hydrogens is 398 g/mol. The van der Waals surface area contributed by atoms with E-state index < -0.39 is 0 Å². The first-order chi connectivity index (χ1) is 14.8. The Labute approximate surface area is 176 Å². The number of carbonyl (C=O) groups is 1. The molecule has 0 saturated heterocycles. The number of aromatic amines is 1. The van der Waals surface area contributed by atoms with Crippen LogP contribution in [0.3, 0.4) is 0 Å². The molecule has 0 aliphatic rings. The number of para-hydroxylation sites is 1. The number of hydrogen-bond acceptors (Lipinski definition) is 6. The summed E-state index contributed by atoms with van der Waals surface area (Å²) in [4.78, 5) is 25.6. The van der Waals surface area contributed by atoms with Crippen molar-refractivity contribution in [2.45, 2.75) is 13.1 Å². The largest absolute Gasteiger partial charge is 0.364 e. The third-order valence-electron chi connectivity index (χ3n) is 4.89. The van der Waals surface area contributed by atoms with E-state index in [-0.39, 0.29) is 5.91 Å². The minimum absolute atomic E-state index is 0.114. The van der Waals surface area contributed by atoms with Gasteiger partial charge in [0.2, 0.25) is 0 Å². The van der Waals surface area contributed by atoms with Gasteiger partial charge in [-0.2, -0.15) is 5.10 Å². The number of anilines is 1. The molecular formula is C21H19N7OS. The molecule has 4 aromatic heterocycles. The second kappa shape index (κ2) is 7.96. The summed E-state index contributed by atoms with van der Waals surface area (Å²) >= 11 is 1.70. The Morgan fingerprint density at radius 3 is 2.97 bits per heavy atom. The molecule has 0 aliphatic heterocycles. The lowest BCUT2D eigenvalue weighted by molar-refractivity contribution is 0.0953. The Balaban J connectivity index is 1.25. The SMILES string of the molecule is O=C(NCCn1ncc2c(NCc3cccs3)ncnc21)c1c[nH]c2ccccc12. The van der Waals surface area contributed by atoms with Crippen LogP contribution in [-0.4, -0.2) is 37.2 Å². The van der Waals surface area contributed by atoms with Crippen molar-refractivity contribution in [3.63, 3.8) is 0 Å². The number of carbonyl (C=O) groups excluding carboxylic acids is 1. The zero-order valence-corrected chi connectivity index (χ0v) is 16.8. The van der Waals surface area contributed by atoms with Gasteiger partial charge in [0.05, 0.1) is 30.2 Å². The predicted octanol–water partition coefficient (Wildman–Crippen LogP) is 3.41. The number of amides is 1. The number of H-pyrrole nitrogens is 1. The number of aromatic nitrogens is 5. The number of fused-ring (bicyclic) bond motifs is 2. The molecule has 9 heteroatoms. The molecule has 150 valence electrons. The topological polar surface area (TPSA) is 101 Å². The van der Waals surface area contributed by atoms with E-state index >= 15 is 0 Å². The van der Waals surface area contributed by atoms with Crippen molar-refractivity contribution in [3.05, 3.63) is 70.9 Å². The molecule has 0 atom stereocenters. The molecule has 5 aromatic rings. The summed E-state index contributed by atoms with van der Waals surface area (Å²) < 4.78 is 1.78. The van der Waals surface area contributed by atoms with Crippen molar-refractivity contribution in [2.75, 3.05) is 11.9 Å². The number of thiophene rings is 1. The fourth-order valence-corrected chi connectivity index (χ4v) is 4.06. The van der Waals surface area contributed by atoms with Gasteiger partial charge in [0.25, 0.3) is 5.91 Å². The van der Waals surface area contributed by atoms with Gasteiger partial charge in [-0.05, 0) is 17.5 Å². The van der Waals surface area contributed by atoms with E-state index in [1.54, 1.807) is 28.4 Å². The number of benzene rings is 1. The van der Waals surface area contributed by atoms with E-state index in [1.807, 2.05) is 30.3 Å². The highest BCUT2D eigenvalue weighted by molar-refractivity contribution is 7.09. The van der Waals surface area contributed by atoms with Crippen molar-refractivity contribution in [1.82, 2.24) is 30.0 Å². The van der Waals surface area contributed by atoms with Crippen LogP contribution in [0.15, 0.2) is 60.5 Å². The fraction of sp³-hybridized carbons (Fsp3) is 0.143. The number of hydrogen-bond donors (Lipinski definition) is 3. The van der Waals surface area contributed by atoms with E-state index in [2.05, 4.69) is 42.1 Å². The molecule has 1 amide bonds. The van der Waals surface area contributed by atoms with Gasteiger partial charge in [0.15, 0.2) is 5.65 Å². The molecule has 0 aliphatic carbocycles. The predicted molar refractivity (Wildman–Crippen MR) is 118 cm³/mol. The van der Waals surface area contributed by atoms with E-state index in [0.29, 0.717) is 25.2 Å². The van der Waals surface area contributed by atoms with Crippen LogP contribution >= 0.6 is 11.3 Å². The summed E-state index contributed by atoms with van der Waals surface area (Å²) in [5.74, 6) is 0.638. The highest BCUT2D eigenvalue weighted by atomic mass is 32.1. The van der Waals surface area contributed by atoms with E-state index in [9.17, 15) is 4.79 Å². The standard InChI is InChI=1S/C21H19N7OS/c29-21(16-11-23-18-6-2-1-5-15(16)18)22-7-8-28-20-17(12-27-28)19(25-13-26-20)24-10-14-4-3-9-30-14/h1-6,9,11-13,23H,7-8,10H2,(H,22,29)(H,24,25,26). The number of rotatable bonds is 7. The minimum atomic E-state index is -0.114. The van der Waals surface area contributed by atoms with Crippen molar-refractivity contribution in [3.8, 4) is 0 Å². The van der Waals surface area contributed by atoms with Crippen molar-refractivity contribution in [2.24, 2.45) is 0 Å². The van der Waals surface area contributed by atoms with Crippen LogP contribution in [0, 0.1) is 0 Å². The quantitative estimate of drug-likeness (QED) is 0.377. The summed E-state index contributed by atoms with van der Waals surface area (Å²) in [5, 5.41) is 14.6. The number of nitrogens with one attached hydrogen (secondary N) is 3. The Morgan fingerprint density at radius 2 is 2.07 bits per heavy atom. The first kappa shape index (κ1) is 18.3. The molecule has 0 saturated carbocycles. The Hall–Kier alpha value is -3.72. The van der Waals surface area contributed by atoms with Crippen molar-refractivity contribution < 1.29 is 4.79 Å². The highest BCUT2D eigenvalue weighted by Crippen LogP contribution is 2.20. The zero-order valence-electron chi connectivity index (χ0n) is 16.0. The smallest absolute Gasteiger partial charge is 0.253 e. The summed E-state index contributed by atoms with van der Waals surface area (Å²) in [6.07, 6.45) is 5.03. The second-order valence-corrected chi connectivity index (χ2v) is 7.80. The van der Waals surface area contributed by atoms with Crippen LogP contribution in [0.4, 0.5) is 5.82 Å². The second-order valence-electron chi connectivity index (χ2n) is 6.76.